The third kappa shape index (κ3) is 5.38. The maximum absolute atomic E-state index is 14.2. The molecule has 2 aliphatic rings. The molecule has 5 aromatic rings. The molecule has 0 fully saturated rings. The Bertz CT molecular complexity index is 2150. The van der Waals surface area contributed by atoms with Crippen molar-refractivity contribution in [1.29, 1.82) is 0 Å². The molecule has 0 spiro atoms. The molecule has 1 aromatic heterocycles. The van der Waals surface area contributed by atoms with E-state index in [1.54, 1.807) is 12.1 Å². The van der Waals surface area contributed by atoms with Crippen LogP contribution in [0, 0.1) is 10.1 Å². The molecule has 0 unspecified atom stereocenters. The first kappa shape index (κ1) is 28.6. The highest BCUT2D eigenvalue weighted by molar-refractivity contribution is 9.10. The minimum Gasteiger partial charge on any atom is -0.488 e. The number of nitro groups is 1. The molecule has 10 heteroatoms. The predicted molar refractivity (Wildman–Crippen MR) is 178 cm³/mol. The SMILES string of the molecule is O=c1/c(=C\c2cc(Br)ccc2OCc2ccc([N+](=O)[O-])cc2)sc2n1[C@H](c1ccc(Br)cc1)C1=C(N=2)c2ccccc2CC1. The van der Waals surface area contributed by atoms with Gasteiger partial charge in [-0.1, -0.05) is 79.6 Å². The summed E-state index contributed by atoms with van der Waals surface area (Å²) in [5, 5.41) is 11.0. The number of thiazole rings is 1. The number of aromatic nitrogens is 1. The number of rotatable bonds is 6. The summed E-state index contributed by atoms with van der Waals surface area (Å²) in [6.45, 7) is 0.220. The average molecular weight is 729 g/mol. The lowest BCUT2D eigenvalue weighted by Gasteiger charge is -2.30. The lowest BCUT2D eigenvalue weighted by atomic mass is 9.83. The Labute approximate surface area is 272 Å². The van der Waals surface area contributed by atoms with Gasteiger partial charge in [0.15, 0.2) is 4.80 Å². The first-order valence-electron chi connectivity index (χ1n) is 13.9. The van der Waals surface area contributed by atoms with Crippen molar-refractivity contribution >= 4 is 60.7 Å². The lowest BCUT2D eigenvalue weighted by Crippen LogP contribution is -2.38. The van der Waals surface area contributed by atoms with Gasteiger partial charge < -0.3 is 4.74 Å². The smallest absolute Gasteiger partial charge is 0.271 e. The number of fused-ring (bicyclic) bond motifs is 3. The van der Waals surface area contributed by atoms with Gasteiger partial charge in [-0.15, -0.1) is 0 Å². The van der Waals surface area contributed by atoms with Crippen molar-refractivity contribution in [3.8, 4) is 5.75 Å². The molecule has 0 amide bonds. The van der Waals surface area contributed by atoms with Gasteiger partial charge in [-0.2, -0.15) is 0 Å². The normalized spacial score (nSPS) is 15.7. The van der Waals surface area contributed by atoms with E-state index in [0.717, 1.165) is 55.3 Å². The van der Waals surface area contributed by atoms with Crippen LogP contribution in [0.2, 0.25) is 0 Å². The highest BCUT2D eigenvalue weighted by Crippen LogP contribution is 2.41. The fraction of sp³-hybridized carbons (Fsp3) is 0.118. The summed E-state index contributed by atoms with van der Waals surface area (Å²) < 4.78 is 10.4. The Morgan fingerprint density at radius 2 is 1.73 bits per heavy atom. The molecule has 218 valence electrons. The molecule has 4 aromatic carbocycles. The van der Waals surface area contributed by atoms with E-state index in [1.165, 1.54) is 29.0 Å². The average Bonchev–Trinajstić information content (AvgIpc) is 3.34. The van der Waals surface area contributed by atoms with Crippen molar-refractivity contribution in [1.82, 2.24) is 4.57 Å². The van der Waals surface area contributed by atoms with Crippen molar-refractivity contribution in [2.75, 3.05) is 0 Å². The van der Waals surface area contributed by atoms with Crippen molar-refractivity contribution < 1.29 is 9.66 Å². The third-order valence-electron chi connectivity index (χ3n) is 7.86. The van der Waals surface area contributed by atoms with Gasteiger partial charge in [0.1, 0.15) is 12.4 Å². The summed E-state index contributed by atoms with van der Waals surface area (Å²) >= 11 is 8.48. The second-order valence-electron chi connectivity index (χ2n) is 10.6. The summed E-state index contributed by atoms with van der Waals surface area (Å²) in [4.78, 5) is 30.5. The van der Waals surface area contributed by atoms with Gasteiger partial charge in [-0.3, -0.25) is 19.5 Å². The zero-order valence-corrected chi connectivity index (χ0v) is 27.1. The maximum Gasteiger partial charge on any atom is 0.271 e. The Hall–Kier alpha value is -4.12. The van der Waals surface area contributed by atoms with Crippen LogP contribution < -0.4 is 19.6 Å². The summed E-state index contributed by atoms with van der Waals surface area (Å²) in [5.74, 6) is 0.593. The molecule has 1 aliphatic heterocycles. The van der Waals surface area contributed by atoms with E-state index in [0.29, 0.717) is 15.1 Å². The first-order valence-corrected chi connectivity index (χ1v) is 16.3. The third-order valence-corrected chi connectivity index (χ3v) is 9.86. The number of non-ortho nitro benzene ring substituents is 1. The van der Waals surface area contributed by atoms with Crippen LogP contribution in [0.15, 0.2) is 115 Å². The molecule has 1 aliphatic carbocycles. The fourth-order valence-corrected chi connectivity index (χ4v) is 7.38. The zero-order valence-electron chi connectivity index (χ0n) is 23.1. The van der Waals surface area contributed by atoms with Gasteiger partial charge in [0.25, 0.3) is 11.2 Å². The number of nitrogens with zero attached hydrogens (tertiary/aromatic N) is 3. The summed E-state index contributed by atoms with van der Waals surface area (Å²) in [7, 11) is 0. The van der Waals surface area contributed by atoms with E-state index in [9.17, 15) is 14.9 Å². The highest BCUT2D eigenvalue weighted by atomic mass is 79.9. The molecule has 2 heterocycles. The number of hydrogen-bond donors (Lipinski definition) is 0. The van der Waals surface area contributed by atoms with E-state index in [2.05, 4.69) is 62.2 Å². The molecule has 44 heavy (non-hydrogen) atoms. The molecule has 7 rings (SSSR count). The van der Waals surface area contributed by atoms with Gasteiger partial charge in [-0.05, 0) is 83.6 Å². The van der Waals surface area contributed by atoms with Gasteiger partial charge >= 0.3 is 0 Å². The number of aryl methyl sites for hydroxylation is 1. The molecule has 0 saturated carbocycles. The minimum atomic E-state index is -0.427. The minimum absolute atomic E-state index is 0.0278. The van der Waals surface area contributed by atoms with E-state index >= 15 is 0 Å². The van der Waals surface area contributed by atoms with Crippen LogP contribution in [-0.2, 0) is 13.0 Å². The topological polar surface area (TPSA) is 86.7 Å². The number of hydrogen-bond acceptors (Lipinski definition) is 6. The van der Waals surface area contributed by atoms with Crippen molar-refractivity contribution in [2.24, 2.45) is 4.99 Å². The molecule has 7 nitrogen and oxygen atoms in total. The van der Waals surface area contributed by atoms with Gasteiger partial charge in [0.2, 0.25) is 0 Å². The fourth-order valence-electron chi connectivity index (χ4n) is 5.75. The molecule has 0 N–H and O–H groups in total. The standard InChI is InChI=1S/C34H23Br2N3O4S/c35-24-10-7-22(8-11-24)32-28-15-9-21-3-1-2-4-27(21)31(28)37-34-38(32)33(40)30(44-34)18-23-17-25(36)12-16-29(23)43-19-20-5-13-26(14-6-20)39(41)42/h1-8,10-14,16-18,32H,9,15,19H2/b30-18+/t32-/m1/s1. The van der Waals surface area contributed by atoms with Crippen LogP contribution in [0.25, 0.3) is 11.8 Å². The van der Waals surface area contributed by atoms with Gasteiger partial charge in [0, 0.05) is 32.2 Å². The predicted octanol–water partition coefficient (Wildman–Crippen LogP) is 7.33. The molecule has 0 radical (unpaired) electrons. The Morgan fingerprint density at radius 3 is 2.50 bits per heavy atom. The first-order chi connectivity index (χ1) is 21.4. The van der Waals surface area contributed by atoms with Crippen molar-refractivity contribution in [3.63, 3.8) is 0 Å². The number of benzene rings is 4. The molecular weight excluding hydrogens is 706 g/mol. The number of nitro benzene ring substituents is 1. The van der Waals surface area contributed by atoms with Crippen LogP contribution >= 0.6 is 43.2 Å². The van der Waals surface area contributed by atoms with Gasteiger partial charge in [0.05, 0.1) is 21.2 Å². The molecule has 0 saturated heterocycles. The Balaban J connectivity index is 1.33. The van der Waals surface area contributed by atoms with Crippen LogP contribution in [0.4, 0.5) is 5.69 Å². The summed E-state index contributed by atoms with van der Waals surface area (Å²) in [5.41, 5.74) is 7.01. The van der Waals surface area contributed by atoms with Crippen LogP contribution in [0.5, 0.6) is 5.75 Å². The van der Waals surface area contributed by atoms with Crippen molar-refractivity contribution in [3.05, 3.63) is 163 Å². The lowest BCUT2D eigenvalue weighted by molar-refractivity contribution is -0.384. The number of halogens is 2. The van der Waals surface area contributed by atoms with Crippen LogP contribution in [-0.4, -0.2) is 9.49 Å². The van der Waals surface area contributed by atoms with Gasteiger partial charge in [-0.25, -0.2) is 4.99 Å². The Kier molecular flexibility index (Phi) is 7.65. The second kappa shape index (κ2) is 11.8. The molecular formula is C34H23Br2N3O4S. The van der Waals surface area contributed by atoms with Crippen molar-refractivity contribution in [2.45, 2.75) is 25.5 Å². The van der Waals surface area contributed by atoms with Crippen LogP contribution in [0.3, 0.4) is 0 Å². The molecule has 1 atom stereocenters. The van der Waals surface area contributed by atoms with E-state index in [4.69, 9.17) is 9.73 Å². The van der Waals surface area contributed by atoms with E-state index in [-0.39, 0.29) is 23.9 Å². The van der Waals surface area contributed by atoms with E-state index < -0.39 is 4.92 Å². The van der Waals surface area contributed by atoms with Crippen LogP contribution in [0.1, 0.15) is 40.3 Å². The van der Waals surface area contributed by atoms with E-state index in [1.807, 2.05) is 47.0 Å². The highest BCUT2D eigenvalue weighted by Gasteiger charge is 2.32. The molecule has 0 bridgehead atoms. The maximum atomic E-state index is 14.2. The number of ether oxygens (including phenoxy) is 1. The summed E-state index contributed by atoms with van der Waals surface area (Å²) in [6, 6.07) is 28.2. The Morgan fingerprint density at radius 1 is 0.977 bits per heavy atom. The number of allylic oxidation sites excluding steroid dienone is 1. The second-order valence-corrected chi connectivity index (χ2v) is 13.4. The monoisotopic (exact) mass is 727 g/mol. The largest absolute Gasteiger partial charge is 0.488 e. The quantitative estimate of drug-likeness (QED) is 0.135. The summed E-state index contributed by atoms with van der Waals surface area (Å²) in [6.07, 6.45) is 3.58. The zero-order chi connectivity index (χ0) is 30.4.